The van der Waals surface area contributed by atoms with Crippen molar-refractivity contribution in [3.05, 3.63) is 54.5 Å². The average Bonchev–Trinajstić information content (AvgIpc) is 3.63. The quantitative estimate of drug-likeness (QED) is 0.406. The minimum absolute atomic E-state index is 0.00565. The van der Waals surface area contributed by atoms with Crippen LogP contribution in [0.4, 0.5) is 11.6 Å². The zero-order valence-corrected chi connectivity index (χ0v) is 21.2. The summed E-state index contributed by atoms with van der Waals surface area (Å²) in [5.41, 5.74) is 9.18. The number of nitrogens with zero attached hydrogens (tertiary/aromatic N) is 6. The minimum atomic E-state index is 0.00565. The summed E-state index contributed by atoms with van der Waals surface area (Å²) in [4.78, 5) is 26.2. The lowest BCUT2D eigenvalue weighted by Crippen LogP contribution is -2.49. The molecule has 2 aromatic heterocycles. The highest BCUT2D eigenvalue weighted by Crippen LogP contribution is 2.34. The first kappa shape index (κ1) is 25.3. The number of benzene rings is 1. The van der Waals surface area contributed by atoms with Crippen LogP contribution in [0.3, 0.4) is 0 Å². The molecule has 2 aliphatic rings. The molecule has 1 aliphatic carbocycles. The van der Waals surface area contributed by atoms with Gasteiger partial charge in [-0.2, -0.15) is 5.10 Å². The van der Waals surface area contributed by atoms with Crippen molar-refractivity contribution in [3.63, 3.8) is 0 Å². The number of carbonyl (C=O) groups excluding carboxylic acids is 1. The Morgan fingerprint density at radius 2 is 1.97 bits per heavy atom. The number of piperazine rings is 1. The summed E-state index contributed by atoms with van der Waals surface area (Å²) in [7, 11) is 0. The molecular formula is C27H36N8O2. The van der Waals surface area contributed by atoms with Crippen molar-refractivity contribution in [3.8, 4) is 11.3 Å². The van der Waals surface area contributed by atoms with Crippen LogP contribution < -0.4 is 11.1 Å². The third-order valence-corrected chi connectivity index (χ3v) is 7.52. The van der Waals surface area contributed by atoms with E-state index in [0.29, 0.717) is 43.6 Å². The molecule has 3 heterocycles. The van der Waals surface area contributed by atoms with Crippen LogP contribution in [0.1, 0.15) is 42.1 Å². The Bertz CT molecular complexity index is 1180. The number of anilines is 2. The maximum atomic E-state index is 13.1. The molecule has 0 spiro atoms. The third-order valence-electron chi connectivity index (χ3n) is 7.52. The van der Waals surface area contributed by atoms with Crippen molar-refractivity contribution >= 4 is 17.5 Å². The fraction of sp³-hybridized carbons (Fsp3) is 0.481. The van der Waals surface area contributed by atoms with Gasteiger partial charge in [-0.05, 0) is 43.0 Å². The fourth-order valence-corrected chi connectivity index (χ4v) is 5.45. The maximum absolute atomic E-state index is 13.1. The number of rotatable bonds is 9. The highest BCUT2D eigenvalue weighted by Gasteiger charge is 2.26. The van der Waals surface area contributed by atoms with Gasteiger partial charge in [0.25, 0.3) is 5.91 Å². The second-order valence-electron chi connectivity index (χ2n) is 9.89. The Kier molecular flexibility index (Phi) is 8.08. The first-order valence-electron chi connectivity index (χ1n) is 13.2. The number of aliphatic hydroxyl groups is 1. The third kappa shape index (κ3) is 5.98. The van der Waals surface area contributed by atoms with Crippen molar-refractivity contribution < 1.29 is 9.90 Å². The summed E-state index contributed by atoms with van der Waals surface area (Å²) >= 11 is 0. The molecule has 10 nitrogen and oxygen atoms in total. The molecule has 1 amide bonds. The van der Waals surface area contributed by atoms with E-state index in [-0.39, 0.29) is 18.6 Å². The lowest BCUT2D eigenvalue weighted by molar-refractivity contribution is 0.0615. The predicted octanol–water partition coefficient (Wildman–Crippen LogP) is 2.52. The summed E-state index contributed by atoms with van der Waals surface area (Å²) in [5, 5.41) is 17.0. The Morgan fingerprint density at radius 1 is 1.16 bits per heavy atom. The smallest absolute Gasteiger partial charge is 0.254 e. The first-order valence-corrected chi connectivity index (χ1v) is 13.2. The Hall–Kier alpha value is -3.34. The van der Waals surface area contributed by atoms with Gasteiger partial charge in [-0.15, -0.1) is 0 Å². The summed E-state index contributed by atoms with van der Waals surface area (Å²) < 4.78 is 2.00. The van der Waals surface area contributed by atoms with E-state index in [9.17, 15) is 4.79 Å². The number of nitrogens with two attached hydrogens (primary N) is 1. The van der Waals surface area contributed by atoms with E-state index in [4.69, 9.17) is 15.8 Å². The molecule has 1 saturated carbocycles. The van der Waals surface area contributed by atoms with Gasteiger partial charge in [-0.1, -0.05) is 18.9 Å². The molecule has 10 heteroatoms. The van der Waals surface area contributed by atoms with Crippen LogP contribution >= 0.6 is 0 Å². The molecule has 196 valence electrons. The van der Waals surface area contributed by atoms with Crippen molar-refractivity contribution in [2.24, 2.45) is 11.7 Å². The summed E-state index contributed by atoms with van der Waals surface area (Å²) in [6.45, 7) is 4.22. The van der Waals surface area contributed by atoms with Gasteiger partial charge in [0.05, 0.1) is 24.5 Å². The lowest BCUT2D eigenvalue weighted by Gasteiger charge is -2.34. The van der Waals surface area contributed by atoms with Gasteiger partial charge in [0, 0.05) is 68.5 Å². The van der Waals surface area contributed by atoms with Crippen LogP contribution in [-0.4, -0.2) is 86.4 Å². The van der Waals surface area contributed by atoms with Crippen molar-refractivity contribution in [2.45, 2.75) is 31.7 Å². The lowest BCUT2D eigenvalue weighted by atomic mass is 9.98. The zero-order valence-electron chi connectivity index (χ0n) is 21.2. The number of aromatic nitrogens is 4. The van der Waals surface area contributed by atoms with E-state index >= 15 is 0 Å². The van der Waals surface area contributed by atoms with Crippen molar-refractivity contribution in [1.29, 1.82) is 0 Å². The molecule has 0 radical (unpaired) electrons. The van der Waals surface area contributed by atoms with Gasteiger partial charge in [-0.3, -0.25) is 14.4 Å². The predicted molar refractivity (Wildman–Crippen MR) is 142 cm³/mol. The van der Waals surface area contributed by atoms with E-state index in [1.165, 1.54) is 25.7 Å². The Morgan fingerprint density at radius 3 is 2.73 bits per heavy atom. The highest BCUT2D eigenvalue weighted by atomic mass is 16.3. The van der Waals surface area contributed by atoms with Crippen LogP contribution in [-0.2, 0) is 0 Å². The number of amides is 1. The van der Waals surface area contributed by atoms with E-state index in [0.717, 1.165) is 30.0 Å². The average molecular weight is 505 g/mol. The minimum Gasteiger partial charge on any atom is -0.395 e. The standard InChI is InChI=1S/C27H36N8O2/c28-17-25(20-4-1-2-5-20)35-19-22(18-30-35)24-8-9-29-27(32-24)31-23-7-3-6-21(16-23)26(37)34-12-10-33(11-13-34)14-15-36/h3,6-9,16,18-20,25,36H,1-2,4-5,10-15,17,28H2,(H,29,31,32). The monoisotopic (exact) mass is 504 g/mol. The molecule has 2 fully saturated rings. The second kappa shape index (κ2) is 11.8. The molecule has 37 heavy (non-hydrogen) atoms. The molecule has 3 aromatic rings. The summed E-state index contributed by atoms with van der Waals surface area (Å²) in [6, 6.07) is 9.52. The SMILES string of the molecule is NCC(C1CCCC1)n1cc(-c2ccnc(Nc3cccc(C(=O)N4CCN(CCO)CC4)c3)n2)cn1. The van der Waals surface area contributed by atoms with Gasteiger partial charge < -0.3 is 21.1 Å². The van der Waals surface area contributed by atoms with Crippen LogP contribution in [0, 0.1) is 5.92 Å². The van der Waals surface area contributed by atoms with Crippen LogP contribution in [0.2, 0.25) is 0 Å². The Labute approximate surface area is 217 Å². The molecular weight excluding hydrogens is 468 g/mol. The van der Waals surface area contributed by atoms with Gasteiger partial charge in [0.2, 0.25) is 5.95 Å². The van der Waals surface area contributed by atoms with E-state index in [2.05, 4.69) is 20.3 Å². The van der Waals surface area contributed by atoms with Crippen LogP contribution in [0.15, 0.2) is 48.9 Å². The molecule has 5 rings (SSSR count). The van der Waals surface area contributed by atoms with Crippen LogP contribution in [0.25, 0.3) is 11.3 Å². The number of nitrogens with one attached hydrogen (secondary N) is 1. The second-order valence-corrected chi connectivity index (χ2v) is 9.89. The van der Waals surface area contributed by atoms with E-state index in [1.54, 1.807) is 6.20 Å². The molecule has 1 aromatic carbocycles. The zero-order chi connectivity index (χ0) is 25.6. The molecule has 1 aliphatic heterocycles. The van der Waals surface area contributed by atoms with Gasteiger partial charge in [0.1, 0.15) is 0 Å². The number of aliphatic hydroxyl groups excluding tert-OH is 1. The van der Waals surface area contributed by atoms with E-state index < -0.39 is 0 Å². The molecule has 1 unspecified atom stereocenters. The first-order chi connectivity index (χ1) is 18.1. The van der Waals surface area contributed by atoms with Crippen molar-refractivity contribution in [2.75, 3.05) is 51.2 Å². The highest BCUT2D eigenvalue weighted by molar-refractivity contribution is 5.95. The van der Waals surface area contributed by atoms with Gasteiger partial charge >= 0.3 is 0 Å². The largest absolute Gasteiger partial charge is 0.395 e. The number of hydrogen-bond acceptors (Lipinski definition) is 8. The summed E-state index contributed by atoms with van der Waals surface area (Å²) in [5.74, 6) is 1.05. The summed E-state index contributed by atoms with van der Waals surface area (Å²) in [6.07, 6.45) is 10.5. The van der Waals surface area contributed by atoms with Gasteiger partial charge in [0.15, 0.2) is 0 Å². The molecule has 0 bridgehead atoms. The molecule has 1 atom stereocenters. The molecule has 1 saturated heterocycles. The maximum Gasteiger partial charge on any atom is 0.254 e. The van der Waals surface area contributed by atoms with Crippen molar-refractivity contribution in [1.82, 2.24) is 29.5 Å². The molecule has 4 N–H and O–H groups in total. The topological polar surface area (TPSA) is 125 Å². The van der Waals surface area contributed by atoms with E-state index in [1.807, 2.05) is 52.3 Å². The number of hydrogen-bond donors (Lipinski definition) is 3. The van der Waals surface area contributed by atoms with Crippen LogP contribution in [0.5, 0.6) is 0 Å². The van der Waals surface area contributed by atoms with Gasteiger partial charge in [-0.25, -0.2) is 9.97 Å². The number of β-amino-alcohol motifs (C(OH)–C–C–N with tert-alkyl or cyclic N) is 1. The normalized spacial score (nSPS) is 17.7. The fourth-order valence-electron chi connectivity index (χ4n) is 5.45. The Balaban J connectivity index is 1.26. The number of carbonyl (C=O) groups is 1.